The van der Waals surface area contributed by atoms with E-state index in [-0.39, 0.29) is 0 Å². The highest BCUT2D eigenvalue weighted by molar-refractivity contribution is 5.46. The van der Waals surface area contributed by atoms with Gasteiger partial charge in [0.2, 0.25) is 6.41 Å². The van der Waals surface area contributed by atoms with Gasteiger partial charge < -0.3 is 4.90 Å². The Morgan fingerprint density at radius 3 is 1.65 bits per heavy atom. The molecule has 1 amide bonds. The van der Waals surface area contributed by atoms with Gasteiger partial charge in [0.15, 0.2) is 0 Å². The molecule has 0 atom stereocenters. The van der Waals surface area contributed by atoms with Crippen LogP contribution in [-0.2, 0) is 4.79 Å². The Hall–Kier alpha value is -0.530. The number of hydrogen-bond donors (Lipinski definition) is 0. The van der Waals surface area contributed by atoms with Crippen molar-refractivity contribution in [2.75, 3.05) is 13.1 Å². The van der Waals surface area contributed by atoms with Crippen molar-refractivity contribution in [2.45, 2.75) is 78.1 Å². The average Bonchev–Trinajstić information content (AvgIpc) is 2.36. The standard InChI is InChI=1S/C15H31NO/c1-3-5-6-7-8-9-10-11-12-13-14-16(4-2)15-17/h15H,3-14H2,1-2H3. The van der Waals surface area contributed by atoms with E-state index < -0.39 is 0 Å². The van der Waals surface area contributed by atoms with Crippen molar-refractivity contribution in [1.29, 1.82) is 0 Å². The maximum atomic E-state index is 10.6. The number of amides is 1. The molecule has 0 fully saturated rings. The van der Waals surface area contributed by atoms with Crippen LogP contribution in [0.25, 0.3) is 0 Å². The Balaban J connectivity index is 3.05. The Labute approximate surface area is 108 Å². The van der Waals surface area contributed by atoms with Gasteiger partial charge in [-0.2, -0.15) is 0 Å². The maximum absolute atomic E-state index is 10.6. The molecule has 0 saturated heterocycles. The summed E-state index contributed by atoms with van der Waals surface area (Å²) in [6, 6.07) is 0. The number of carbonyl (C=O) groups excluding carboxylic acids is 1. The quantitative estimate of drug-likeness (QED) is 0.346. The molecule has 102 valence electrons. The molecule has 0 radical (unpaired) electrons. The van der Waals surface area contributed by atoms with Crippen molar-refractivity contribution < 1.29 is 4.79 Å². The highest BCUT2D eigenvalue weighted by atomic mass is 16.1. The van der Waals surface area contributed by atoms with Crippen LogP contribution in [0.2, 0.25) is 0 Å². The molecular formula is C15H31NO. The van der Waals surface area contributed by atoms with Crippen molar-refractivity contribution in [3.05, 3.63) is 0 Å². The molecule has 0 heterocycles. The van der Waals surface area contributed by atoms with Crippen LogP contribution in [0.4, 0.5) is 0 Å². The summed E-state index contributed by atoms with van der Waals surface area (Å²) in [6.45, 7) is 6.08. The highest BCUT2D eigenvalue weighted by Crippen LogP contribution is 2.10. The second-order valence-corrected chi connectivity index (χ2v) is 4.92. The van der Waals surface area contributed by atoms with E-state index in [0.717, 1.165) is 19.5 Å². The minimum absolute atomic E-state index is 0.848. The molecule has 0 aliphatic carbocycles. The summed E-state index contributed by atoms with van der Waals surface area (Å²) in [5.41, 5.74) is 0. The summed E-state index contributed by atoms with van der Waals surface area (Å²) >= 11 is 0. The third-order valence-corrected chi connectivity index (χ3v) is 3.35. The zero-order valence-corrected chi connectivity index (χ0v) is 11.9. The molecule has 0 aromatic heterocycles. The second-order valence-electron chi connectivity index (χ2n) is 4.92. The van der Waals surface area contributed by atoms with Crippen molar-refractivity contribution in [3.8, 4) is 0 Å². The lowest BCUT2D eigenvalue weighted by Crippen LogP contribution is -2.22. The van der Waals surface area contributed by atoms with Gasteiger partial charge in [0, 0.05) is 13.1 Å². The van der Waals surface area contributed by atoms with Crippen molar-refractivity contribution in [2.24, 2.45) is 0 Å². The first-order valence-corrected chi connectivity index (χ1v) is 7.54. The first-order valence-electron chi connectivity index (χ1n) is 7.54. The number of carbonyl (C=O) groups is 1. The third kappa shape index (κ3) is 11.7. The molecule has 2 nitrogen and oxygen atoms in total. The van der Waals surface area contributed by atoms with Gasteiger partial charge in [-0.05, 0) is 13.3 Å². The molecule has 17 heavy (non-hydrogen) atoms. The predicted molar refractivity (Wildman–Crippen MR) is 75.2 cm³/mol. The van der Waals surface area contributed by atoms with Gasteiger partial charge >= 0.3 is 0 Å². The molecule has 0 aliphatic rings. The molecule has 0 unspecified atom stereocenters. The van der Waals surface area contributed by atoms with Gasteiger partial charge in [0.05, 0.1) is 0 Å². The molecule has 0 aliphatic heterocycles. The summed E-state index contributed by atoms with van der Waals surface area (Å²) in [5.74, 6) is 0. The van der Waals surface area contributed by atoms with E-state index >= 15 is 0 Å². The van der Waals surface area contributed by atoms with Crippen LogP contribution in [0.15, 0.2) is 0 Å². The summed E-state index contributed by atoms with van der Waals surface area (Å²) in [7, 11) is 0. The van der Waals surface area contributed by atoms with E-state index in [9.17, 15) is 4.79 Å². The van der Waals surface area contributed by atoms with Crippen molar-refractivity contribution >= 4 is 6.41 Å². The van der Waals surface area contributed by atoms with E-state index in [1.165, 1.54) is 64.2 Å². The number of rotatable bonds is 13. The summed E-state index contributed by atoms with van der Waals surface area (Å²) < 4.78 is 0. The van der Waals surface area contributed by atoms with Gasteiger partial charge in [0.25, 0.3) is 0 Å². The maximum Gasteiger partial charge on any atom is 0.209 e. The van der Waals surface area contributed by atoms with Crippen LogP contribution in [0, 0.1) is 0 Å². The van der Waals surface area contributed by atoms with E-state index in [1.807, 2.05) is 11.8 Å². The van der Waals surface area contributed by atoms with Crippen LogP contribution in [-0.4, -0.2) is 24.4 Å². The molecule has 0 spiro atoms. The van der Waals surface area contributed by atoms with Gasteiger partial charge in [-0.25, -0.2) is 0 Å². The second kappa shape index (κ2) is 13.5. The van der Waals surface area contributed by atoms with Gasteiger partial charge in [0.1, 0.15) is 0 Å². The molecule has 0 aromatic rings. The largest absolute Gasteiger partial charge is 0.346 e. The fourth-order valence-electron chi connectivity index (χ4n) is 2.09. The van der Waals surface area contributed by atoms with E-state index in [2.05, 4.69) is 6.92 Å². The van der Waals surface area contributed by atoms with E-state index in [0.29, 0.717) is 0 Å². The molecule has 0 N–H and O–H groups in total. The highest BCUT2D eigenvalue weighted by Gasteiger charge is 1.97. The SMILES string of the molecule is CCCCCCCCCCCCN(C=O)CC. The molecule has 0 rings (SSSR count). The number of unbranched alkanes of at least 4 members (excludes halogenated alkanes) is 9. The summed E-state index contributed by atoms with van der Waals surface area (Å²) in [5, 5.41) is 0. The number of hydrogen-bond acceptors (Lipinski definition) is 1. The van der Waals surface area contributed by atoms with E-state index in [1.54, 1.807) is 0 Å². The minimum Gasteiger partial charge on any atom is -0.346 e. The molecule has 2 heteroatoms. The summed E-state index contributed by atoms with van der Waals surface area (Å²) in [6.07, 6.45) is 14.5. The van der Waals surface area contributed by atoms with Gasteiger partial charge in [-0.15, -0.1) is 0 Å². The topological polar surface area (TPSA) is 20.3 Å². The van der Waals surface area contributed by atoms with Crippen molar-refractivity contribution in [3.63, 3.8) is 0 Å². The Morgan fingerprint density at radius 1 is 0.765 bits per heavy atom. The lowest BCUT2D eigenvalue weighted by molar-refractivity contribution is -0.118. The van der Waals surface area contributed by atoms with E-state index in [4.69, 9.17) is 0 Å². The first kappa shape index (κ1) is 16.5. The predicted octanol–water partition coefficient (Wildman–Crippen LogP) is 4.39. The van der Waals surface area contributed by atoms with Gasteiger partial charge in [-0.1, -0.05) is 64.7 Å². The minimum atomic E-state index is 0.848. The molecule has 0 bridgehead atoms. The monoisotopic (exact) mass is 241 g/mol. The average molecular weight is 241 g/mol. The Kier molecular flexibility index (Phi) is 13.1. The smallest absolute Gasteiger partial charge is 0.209 e. The van der Waals surface area contributed by atoms with Crippen molar-refractivity contribution in [1.82, 2.24) is 4.90 Å². The van der Waals surface area contributed by atoms with Crippen LogP contribution in [0.1, 0.15) is 78.1 Å². The molecule has 0 saturated carbocycles. The zero-order chi connectivity index (χ0) is 12.8. The Bertz CT molecular complexity index is 159. The van der Waals surface area contributed by atoms with Crippen LogP contribution < -0.4 is 0 Å². The fourth-order valence-corrected chi connectivity index (χ4v) is 2.09. The van der Waals surface area contributed by atoms with Gasteiger partial charge in [-0.3, -0.25) is 4.79 Å². The Morgan fingerprint density at radius 2 is 1.24 bits per heavy atom. The number of nitrogens with zero attached hydrogens (tertiary/aromatic N) is 1. The fraction of sp³-hybridized carbons (Fsp3) is 0.933. The van der Waals surface area contributed by atoms with Crippen LogP contribution in [0.3, 0.4) is 0 Å². The zero-order valence-electron chi connectivity index (χ0n) is 11.9. The van der Waals surface area contributed by atoms with Crippen LogP contribution in [0.5, 0.6) is 0 Å². The molecular weight excluding hydrogens is 210 g/mol. The third-order valence-electron chi connectivity index (χ3n) is 3.35. The summed E-state index contributed by atoms with van der Waals surface area (Å²) in [4.78, 5) is 12.4. The molecule has 0 aromatic carbocycles. The first-order chi connectivity index (χ1) is 8.35. The lowest BCUT2D eigenvalue weighted by Gasteiger charge is -2.13. The van der Waals surface area contributed by atoms with Crippen LogP contribution >= 0.6 is 0 Å². The normalized spacial score (nSPS) is 10.5. The lowest BCUT2D eigenvalue weighted by atomic mass is 10.1.